The number of carbonyl (C=O) groups excluding carboxylic acids is 2. The lowest BCUT2D eigenvalue weighted by Crippen LogP contribution is -2.52. The molecule has 3 rings (SSSR count). The highest BCUT2D eigenvalue weighted by Gasteiger charge is 2.27. The molecular formula is C16H18N4O2. The summed E-state index contributed by atoms with van der Waals surface area (Å²) in [5, 5.41) is 2.80. The number of nitrogens with zero attached hydrogens (tertiary/aromatic N) is 3. The van der Waals surface area contributed by atoms with Crippen molar-refractivity contribution in [3.63, 3.8) is 0 Å². The quantitative estimate of drug-likeness (QED) is 0.775. The SMILES string of the molecule is CC(=O)N1CCN(C2=N/C(=C\c3ccccc3)C(=O)N2)CC1. The van der Waals surface area contributed by atoms with Crippen LogP contribution in [0.1, 0.15) is 12.5 Å². The molecule has 2 aliphatic rings. The van der Waals surface area contributed by atoms with Crippen LogP contribution in [0.2, 0.25) is 0 Å². The van der Waals surface area contributed by atoms with Crippen LogP contribution in [-0.4, -0.2) is 53.8 Å². The largest absolute Gasteiger partial charge is 0.339 e. The Morgan fingerprint density at radius 3 is 2.50 bits per heavy atom. The molecule has 0 radical (unpaired) electrons. The number of piperazine rings is 1. The van der Waals surface area contributed by atoms with E-state index < -0.39 is 0 Å². The number of hydrogen-bond acceptors (Lipinski definition) is 4. The maximum absolute atomic E-state index is 12.0. The second-order valence-corrected chi connectivity index (χ2v) is 5.32. The van der Waals surface area contributed by atoms with E-state index in [9.17, 15) is 9.59 Å². The first-order valence-corrected chi connectivity index (χ1v) is 7.31. The van der Waals surface area contributed by atoms with Gasteiger partial charge in [0.15, 0.2) is 0 Å². The second kappa shape index (κ2) is 6.01. The Bertz CT molecular complexity index is 643. The Morgan fingerprint density at radius 1 is 1.18 bits per heavy atom. The fraction of sp³-hybridized carbons (Fsp3) is 0.312. The van der Waals surface area contributed by atoms with Crippen molar-refractivity contribution in [2.45, 2.75) is 6.92 Å². The van der Waals surface area contributed by atoms with Gasteiger partial charge in [0.2, 0.25) is 11.9 Å². The summed E-state index contributed by atoms with van der Waals surface area (Å²) in [7, 11) is 0. The number of hydrogen-bond donors (Lipinski definition) is 1. The first-order chi connectivity index (χ1) is 10.6. The zero-order valence-electron chi connectivity index (χ0n) is 12.5. The molecule has 22 heavy (non-hydrogen) atoms. The van der Waals surface area contributed by atoms with E-state index in [0.29, 0.717) is 37.8 Å². The van der Waals surface area contributed by atoms with E-state index in [4.69, 9.17) is 0 Å². The Labute approximate surface area is 129 Å². The van der Waals surface area contributed by atoms with Gasteiger partial charge in [0.25, 0.3) is 5.91 Å². The molecule has 0 saturated carbocycles. The van der Waals surface area contributed by atoms with Crippen molar-refractivity contribution in [3.8, 4) is 0 Å². The van der Waals surface area contributed by atoms with Crippen LogP contribution in [-0.2, 0) is 9.59 Å². The highest BCUT2D eigenvalue weighted by molar-refractivity contribution is 6.13. The summed E-state index contributed by atoms with van der Waals surface area (Å²) in [6, 6.07) is 9.63. The minimum atomic E-state index is -0.187. The van der Waals surface area contributed by atoms with Crippen LogP contribution in [0.4, 0.5) is 0 Å². The average Bonchev–Trinajstić information content (AvgIpc) is 2.89. The van der Waals surface area contributed by atoms with Crippen LogP contribution in [0.5, 0.6) is 0 Å². The molecule has 2 heterocycles. The zero-order chi connectivity index (χ0) is 15.5. The predicted molar refractivity (Wildman–Crippen MR) is 83.8 cm³/mol. The summed E-state index contributed by atoms with van der Waals surface area (Å²) < 4.78 is 0. The first-order valence-electron chi connectivity index (χ1n) is 7.31. The fourth-order valence-corrected chi connectivity index (χ4v) is 2.55. The Kier molecular flexibility index (Phi) is 3.91. The van der Waals surface area contributed by atoms with Crippen molar-refractivity contribution in [1.82, 2.24) is 15.1 Å². The maximum Gasteiger partial charge on any atom is 0.276 e. The topological polar surface area (TPSA) is 65.0 Å². The number of benzene rings is 1. The van der Waals surface area contributed by atoms with E-state index in [1.807, 2.05) is 35.2 Å². The van der Waals surface area contributed by atoms with Gasteiger partial charge in [-0.25, -0.2) is 4.99 Å². The van der Waals surface area contributed by atoms with Gasteiger partial charge in [0, 0.05) is 33.1 Å². The van der Waals surface area contributed by atoms with Crippen molar-refractivity contribution in [1.29, 1.82) is 0 Å². The van der Waals surface area contributed by atoms with Gasteiger partial charge in [-0.1, -0.05) is 30.3 Å². The third-order valence-electron chi connectivity index (χ3n) is 3.81. The second-order valence-electron chi connectivity index (χ2n) is 5.32. The molecule has 0 aromatic heterocycles. The molecule has 0 spiro atoms. The normalized spacial score (nSPS) is 20.1. The predicted octanol–water partition coefficient (Wildman–Crippen LogP) is 0.677. The molecule has 114 valence electrons. The van der Waals surface area contributed by atoms with Crippen molar-refractivity contribution in [2.75, 3.05) is 26.2 Å². The number of carbonyl (C=O) groups is 2. The van der Waals surface area contributed by atoms with Gasteiger partial charge < -0.3 is 9.80 Å². The van der Waals surface area contributed by atoms with Crippen LogP contribution in [0.3, 0.4) is 0 Å². The monoisotopic (exact) mass is 298 g/mol. The zero-order valence-corrected chi connectivity index (χ0v) is 12.5. The first kappa shape index (κ1) is 14.3. The molecule has 0 atom stereocenters. The summed E-state index contributed by atoms with van der Waals surface area (Å²) >= 11 is 0. The summed E-state index contributed by atoms with van der Waals surface area (Å²) in [6.07, 6.45) is 1.77. The summed E-state index contributed by atoms with van der Waals surface area (Å²) in [4.78, 5) is 31.6. The Balaban J connectivity index is 1.71. The lowest BCUT2D eigenvalue weighted by Gasteiger charge is -2.34. The summed E-state index contributed by atoms with van der Waals surface area (Å²) in [5.74, 6) is 0.477. The van der Waals surface area contributed by atoms with Crippen LogP contribution in [0.15, 0.2) is 41.0 Å². The molecule has 0 bridgehead atoms. The van der Waals surface area contributed by atoms with Crippen LogP contribution >= 0.6 is 0 Å². The van der Waals surface area contributed by atoms with E-state index >= 15 is 0 Å². The number of nitrogens with one attached hydrogen (secondary N) is 1. The van der Waals surface area contributed by atoms with Crippen LogP contribution < -0.4 is 5.32 Å². The van der Waals surface area contributed by atoms with Gasteiger partial charge in [-0.2, -0.15) is 0 Å². The molecule has 1 N–H and O–H groups in total. The Hall–Kier alpha value is -2.63. The van der Waals surface area contributed by atoms with Crippen LogP contribution in [0, 0.1) is 0 Å². The lowest BCUT2D eigenvalue weighted by molar-refractivity contribution is -0.130. The molecule has 6 nitrogen and oxygen atoms in total. The third-order valence-corrected chi connectivity index (χ3v) is 3.81. The highest BCUT2D eigenvalue weighted by Crippen LogP contribution is 2.14. The summed E-state index contributed by atoms with van der Waals surface area (Å²) in [6.45, 7) is 4.24. The standard InChI is InChI=1S/C16H18N4O2/c1-12(21)19-7-9-20(10-8-19)16-17-14(15(22)18-16)11-13-5-3-2-4-6-13/h2-6,11H,7-10H2,1H3,(H,17,18,22)/b14-11-. The van der Waals surface area contributed by atoms with E-state index in [0.717, 1.165) is 5.56 Å². The van der Waals surface area contributed by atoms with Gasteiger partial charge in [-0.15, -0.1) is 0 Å². The van der Waals surface area contributed by atoms with Crippen molar-refractivity contribution in [2.24, 2.45) is 4.99 Å². The van der Waals surface area contributed by atoms with E-state index in [1.54, 1.807) is 17.9 Å². The average molecular weight is 298 g/mol. The molecule has 2 aliphatic heterocycles. The molecule has 1 aromatic rings. The maximum atomic E-state index is 12.0. The highest BCUT2D eigenvalue weighted by atomic mass is 16.2. The van der Waals surface area contributed by atoms with Gasteiger partial charge in [-0.3, -0.25) is 14.9 Å². The minimum absolute atomic E-state index is 0.0849. The van der Waals surface area contributed by atoms with Gasteiger partial charge in [-0.05, 0) is 11.6 Å². The molecule has 0 aliphatic carbocycles. The molecular weight excluding hydrogens is 280 g/mol. The van der Waals surface area contributed by atoms with E-state index in [-0.39, 0.29) is 11.8 Å². The molecule has 2 amide bonds. The van der Waals surface area contributed by atoms with Crippen LogP contribution in [0.25, 0.3) is 6.08 Å². The third kappa shape index (κ3) is 3.00. The van der Waals surface area contributed by atoms with Gasteiger partial charge in [0.05, 0.1) is 0 Å². The molecule has 6 heteroatoms. The lowest BCUT2D eigenvalue weighted by atomic mass is 10.2. The van der Waals surface area contributed by atoms with Gasteiger partial charge in [0.1, 0.15) is 5.70 Å². The summed E-state index contributed by atoms with van der Waals surface area (Å²) in [5.41, 5.74) is 1.36. The van der Waals surface area contributed by atoms with Crippen molar-refractivity contribution in [3.05, 3.63) is 41.6 Å². The van der Waals surface area contributed by atoms with E-state index in [1.165, 1.54) is 0 Å². The minimum Gasteiger partial charge on any atom is -0.339 e. The number of rotatable bonds is 1. The number of guanidine groups is 1. The van der Waals surface area contributed by atoms with E-state index in [2.05, 4.69) is 10.3 Å². The molecule has 0 unspecified atom stereocenters. The van der Waals surface area contributed by atoms with Crippen molar-refractivity contribution >= 4 is 23.8 Å². The number of aliphatic imine (C=N–C) groups is 1. The van der Waals surface area contributed by atoms with Crippen molar-refractivity contribution < 1.29 is 9.59 Å². The Morgan fingerprint density at radius 2 is 1.86 bits per heavy atom. The molecule has 1 saturated heterocycles. The number of amides is 2. The fourth-order valence-electron chi connectivity index (χ4n) is 2.55. The smallest absolute Gasteiger partial charge is 0.276 e. The van der Waals surface area contributed by atoms with Gasteiger partial charge >= 0.3 is 0 Å². The molecule has 1 fully saturated rings. The molecule has 1 aromatic carbocycles.